The molecule has 0 unspecified atom stereocenters. The molecule has 0 N–H and O–H groups in total. The lowest BCUT2D eigenvalue weighted by Gasteiger charge is -2.40. The maximum absolute atomic E-state index is 15.0. The second-order valence-electron chi connectivity index (χ2n) is 4.80. The Kier molecular flexibility index (Phi) is 3.19. The van der Waals surface area contributed by atoms with Crippen LogP contribution in [-0.2, 0) is 11.6 Å². The first-order valence-electron chi connectivity index (χ1n) is 6.16. The van der Waals surface area contributed by atoms with Crippen LogP contribution in [-0.4, -0.2) is 10.7 Å². The summed E-state index contributed by atoms with van der Waals surface area (Å²) in [6.07, 6.45) is 0. The SMILES string of the molecule is FN(F)C1(F)c2ccccc2C(F)(N(F)F)c2ccccc21. The largest absolute Gasteiger partial charge is 0.273 e. The molecule has 2 aromatic rings. The summed E-state index contributed by atoms with van der Waals surface area (Å²) in [6.45, 7) is 0. The fourth-order valence-corrected chi connectivity index (χ4v) is 2.78. The number of benzene rings is 2. The third kappa shape index (κ3) is 1.65. The summed E-state index contributed by atoms with van der Waals surface area (Å²) in [5.41, 5.74) is -3.49. The molecule has 0 heterocycles. The highest BCUT2D eigenvalue weighted by molar-refractivity contribution is 5.55. The number of nitrogens with zero attached hydrogens (tertiary/aromatic N) is 2. The molecule has 0 amide bonds. The van der Waals surface area contributed by atoms with Gasteiger partial charge in [-0.15, -0.1) is 0 Å². The van der Waals surface area contributed by atoms with E-state index in [2.05, 4.69) is 0 Å². The van der Waals surface area contributed by atoms with Gasteiger partial charge >= 0.3 is 0 Å². The molecular weight excluding hydrogens is 310 g/mol. The molecule has 8 heteroatoms. The van der Waals surface area contributed by atoms with Crippen molar-refractivity contribution >= 4 is 0 Å². The Morgan fingerprint density at radius 1 is 0.545 bits per heavy atom. The van der Waals surface area contributed by atoms with Crippen molar-refractivity contribution in [1.82, 2.24) is 10.7 Å². The zero-order valence-corrected chi connectivity index (χ0v) is 10.8. The molecule has 2 nitrogen and oxygen atoms in total. The number of rotatable bonds is 2. The van der Waals surface area contributed by atoms with Gasteiger partial charge in [-0.1, -0.05) is 66.5 Å². The van der Waals surface area contributed by atoms with Crippen LogP contribution in [0.25, 0.3) is 0 Å². The number of alkyl halides is 2. The number of hydrogen-bond donors (Lipinski definition) is 0. The van der Waals surface area contributed by atoms with Crippen LogP contribution >= 0.6 is 0 Å². The number of halogens is 6. The van der Waals surface area contributed by atoms with Gasteiger partial charge in [0, 0.05) is 22.3 Å². The van der Waals surface area contributed by atoms with Crippen LogP contribution in [0.4, 0.5) is 26.7 Å². The molecule has 0 atom stereocenters. The van der Waals surface area contributed by atoms with Gasteiger partial charge in [0.25, 0.3) is 11.6 Å². The van der Waals surface area contributed by atoms with E-state index < -0.39 is 44.5 Å². The summed E-state index contributed by atoms with van der Waals surface area (Å²) in [7, 11) is 0. The molecule has 0 aromatic heterocycles. The van der Waals surface area contributed by atoms with E-state index in [1.807, 2.05) is 0 Å². The minimum absolute atomic E-state index is 0.856. The summed E-state index contributed by atoms with van der Waals surface area (Å²) in [5, 5.41) is -3.49. The Labute approximate surface area is 120 Å². The van der Waals surface area contributed by atoms with Gasteiger partial charge in [0.2, 0.25) is 0 Å². The molecule has 0 saturated carbocycles. The summed E-state index contributed by atoms with van der Waals surface area (Å²) >= 11 is 0. The second-order valence-corrected chi connectivity index (χ2v) is 4.80. The lowest BCUT2D eigenvalue weighted by Crippen LogP contribution is -2.47. The smallest absolute Gasteiger partial charge is 0.210 e. The molecule has 116 valence electrons. The van der Waals surface area contributed by atoms with Crippen LogP contribution in [0.1, 0.15) is 22.3 Å². The van der Waals surface area contributed by atoms with E-state index in [9.17, 15) is 17.9 Å². The van der Waals surface area contributed by atoms with Crippen LogP contribution < -0.4 is 0 Å². The molecule has 0 spiro atoms. The summed E-state index contributed by atoms with van der Waals surface area (Å²) in [4.78, 5) is 0. The highest BCUT2D eigenvalue weighted by Crippen LogP contribution is 2.54. The lowest BCUT2D eigenvalue weighted by molar-refractivity contribution is -0.289. The normalized spacial score (nSPS) is 26.9. The fraction of sp³-hybridized carbons (Fsp3) is 0.143. The molecule has 22 heavy (non-hydrogen) atoms. The standard InChI is InChI=1S/C14H8F6N2/c15-13(21(17)18)9-5-1-2-6-10(9)14(16,22(19)20)12-8-4-3-7-11(12)13/h1-8H. The molecule has 0 bridgehead atoms. The minimum atomic E-state index is -3.52. The quantitative estimate of drug-likeness (QED) is 0.457. The van der Waals surface area contributed by atoms with Gasteiger partial charge in [0.1, 0.15) is 0 Å². The third-order valence-electron chi connectivity index (χ3n) is 3.75. The van der Waals surface area contributed by atoms with Crippen molar-refractivity contribution in [2.45, 2.75) is 11.6 Å². The van der Waals surface area contributed by atoms with Crippen molar-refractivity contribution in [2.75, 3.05) is 0 Å². The van der Waals surface area contributed by atoms with Crippen LogP contribution in [0.15, 0.2) is 48.5 Å². The minimum Gasteiger partial charge on any atom is -0.210 e. The molecule has 0 fully saturated rings. The first kappa shape index (κ1) is 14.9. The zero-order valence-electron chi connectivity index (χ0n) is 10.8. The number of fused-ring (bicyclic) bond motifs is 2. The average molecular weight is 318 g/mol. The Morgan fingerprint density at radius 3 is 0.955 bits per heavy atom. The first-order valence-corrected chi connectivity index (χ1v) is 6.16. The highest BCUT2D eigenvalue weighted by Gasteiger charge is 2.59. The molecule has 0 radical (unpaired) electrons. The van der Waals surface area contributed by atoms with Gasteiger partial charge in [-0.2, -0.15) is 0 Å². The van der Waals surface area contributed by atoms with Crippen LogP contribution in [0.5, 0.6) is 0 Å². The molecule has 2 aromatic carbocycles. The predicted molar refractivity (Wildman–Crippen MR) is 64.8 cm³/mol. The van der Waals surface area contributed by atoms with Gasteiger partial charge < -0.3 is 0 Å². The molecule has 0 saturated heterocycles. The fourth-order valence-electron chi connectivity index (χ4n) is 2.78. The molecular formula is C14H8F6N2. The Bertz CT molecular complexity index is 610. The van der Waals surface area contributed by atoms with Crippen LogP contribution in [0.2, 0.25) is 0 Å². The van der Waals surface area contributed by atoms with Gasteiger partial charge in [0.15, 0.2) is 0 Å². The van der Waals surface area contributed by atoms with Crippen molar-refractivity contribution in [1.29, 1.82) is 0 Å². The second kappa shape index (κ2) is 4.72. The summed E-state index contributed by atoms with van der Waals surface area (Å²) in [6, 6.07) is 8.12. The van der Waals surface area contributed by atoms with Crippen molar-refractivity contribution in [3.05, 3.63) is 70.8 Å². The Morgan fingerprint density at radius 2 is 0.773 bits per heavy atom. The van der Waals surface area contributed by atoms with Crippen molar-refractivity contribution in [3.63, 3.8) is 0 Å². The zero-order chi connectivity index (χ0) is 16.1. The average Bonchev–Trinajstić information content (AvgIpc) is 2.52. The van der Waals surface area contributed by atoms with Gasteiger partial charge in [0.05, 0.1) is 10.7 Å². The van der Waals surface area contributed by atoms with E-state index >= 15 is 8.78 Å². The van der Waals surface area contributed by atoms with Crippen LogP contribution in [0, 0.1) is 0 Å². The Balaban J connectivity index is 2.45. The van der Waals surface area contributed by atoms with Crippen molar-refractivity contribution in [2.24, 2.45) is 0 Å². The first-order chi connectivity index (χ1) is 10.3. The van der Waals surface area contributed by atoms with E-state index in [1.54, 1.807) is 0 Å². The van der Waals surface area contributed by atoms with E-state index in [0.29, 0.717) is 0 Å². The number of hydrogen-bond acceptors (Lipinski definition) is 2. The lowest BCUT2D eigenvalue weighted by atomic mass is 9.76. The maximum atomic E-state index is 15.0. The summed E-state index contributed by atoms with van der Waals surface area (Å²) in [5.74, 6) is -7.03. The van der Waals surface area contributed by atoms with Gasteiger partial charge in [-0.3, -0.25) is 0 Å². The van der Waals surface area contributed by atoms with E-state index in [0.717, 1.165) is 24.3 Å². The maximum Gasteiger partial charge on any atom is 0.273 e. The van der Waals surface area contributed by atoms with Crippen LogP contribution in [0.3, 0.4) is 0 Å². The van der Waals surface area contributed by atoms with Gasteiger partial charge in [-0.25, -0.2) is 8.78 Å². The monoisotopic (exact) mass is 318 g/mol. The molecule has 0 aliphatic heterocycles. The van der Waals surface area contributed by atoms with Crippen molar-refractivity contribution < 1.29 is 26.7 Å². The molecule has 1 aliphatic carbocycles. The highest BCUT2D eigenvalue weighted by atomic mass is 19.4. The summed E-state index contributed by atoms with van der Waals surface area (Å²) < 4.78 is 83.1. The predicted octanol–water partition coefficient (Wildman–Crippen LogP) is 4.48. The van der Waals surface area contributed by atoms with Crippen molar-refractivity contribution in [3.8, 4) is 0 Å². The Hall–Kier alpha value is -2.06. The topological polar surface area (TPSA) is 6.48 Å². The molecule has 3 rings (SSSR count). The molecule has 1 aliphatic rings. The van der Waals surface area contributed by atoms with Gasteiger partial charge in [-0.05, 0) is 0 Å². The van der Waals surface area contributed by atoms with E-state index in [-0.39, 0.29) is 0 Å². The third-order valence-corrected chi connectivity index (χ3v) is 3.75. The van der Waals surface area contributed by atoms with E-state index in [4.69, 9.17) is 0 Å². The van der Waals surface area contributed by atoms with E-state index in [1.165, 1.54) is 24.3 Å².